The van der Waals surface area contributed by atoms with Crippen LogP contribution in [0, 0.1) is 0 Å². The van der Waals surface area contributed by atoms with Crippen molar-refractivity contribution >= 4 is 23.9 Å². The van der Waals surface area contributed by atoms with Gasteiger partial charge in [-0.2, -0.15) is 0 Å². The van der Waals surface area contributed by atoms with Crippen molar-refractivity contribution in [1.29, 1.82) is 0 Å². The average Bonchev–Trinajstić information content (AvgIpc) is 2.69. The lowest BCUT2D eigenvalue weighted by atomic mass is 10.1. The van der Waals surface area contributed by atoms with Crippen LogP contribution in [0.4, 0.5) is 0 Å². The minimum atomic E-state index is -1.17. The average molecular weight is 381 g/mol. The fourth-order valence-electron chi connectivity index (χ4n) is 2.16. The molecule has 0 saturated carbocycles. The zero-order chi connectivity index (χ0) is 20.4. The number of esters is 2. The molecule has 0 bridgehead atoms. The number of carbonyl (C=O) groups is 3. The van der Waals surface area contributed by atoms with Crippen LogP contribution in [-0.4, -0.2) is 59.4 Å². The lowest BCUT2D eigenvalue weighted by Crippen LogP contribution is -2.42. The molecule has 0 spiro atoms. The van der Waals surface area contributed by atoms with Crippen LogP contribution in [0.5, 0.6) is 17.2 Å². The summed E-state index contributed by atoms with van der Waals surface area (Å²) in [5, 5.41) is 2.39. The Labute approximate surface area is 157 Å². The second-order valence-electron chi connectivity index (χ2n) is 5.14. The molecule has 0 aliphatic carbocycles. The van der Waals surface area contributed by atoms with Crippen LogP contribution in [0.1, 0.15) is 12.0 Å². The van der Waals surface area contributed by atoms with Gasteiger partial charge in [0, 0.05) is 18.2 Å². The van der Waals surface area contributed by atoms with Crippen molar-refractivity contribution in [1.82, 2.24) is 5.32 Å². The number of carbonyl (C=O) groups excluding carboxylic acids is 3. The highest BCUT2D eigenvalue weighted by Crippen LogP contribution is 2.34. The van der Waals surface area contributed by atoms with Crippen molar-refractivity contribution in [3.05, 3.63) is 23.8 Å². The molecule has 1 N–H and O–H groups in total. The molecule has 0 radical (unpaired) electrons. The lowest BCUT2D eigenvalue weighted by Gasteiger charge is -2.14. The maximum absolute atomic E-state index is 12.2. The lowest BCUT2D eigenvalue weighted by molar-refractivity contribution is -0.150. The van der Waals surface area contributed by atoms with Crippen molar-refractivity contribution in [2.24, 2.45) is 0 Å². The molecule has 0 aromatic heterocycles. The molecule has 1 rings (SSSR count). The van der Waals surface area contributed by atoms with Gasteiger partial charge in [-0.15, -0.1) is 0 Å². The molecule has 148 valence electrons. The van der Waals surface area contributed by atoms with Crippen molar-refractivity contribution in [2.45, 2.75) is 12.5 Å². The van der Waals surface area contributed by atoms with Gasteiger partial charge in [-0.3, -0.25) is 9.59 Å². The Morgan fingerprint density at radius 1 is 0.963 bits per heavy atom. The van der Waals surface area contributed by atoms with Gasteiger partial charge < -0.3 is 29.0 Å². The van der Waals surface area contributed by atoms with Gasteiger partial charge in [0.15, 0.2) is 0 Å². The van der Waals surface area contributed by atoms with E-state index in [1.165, 1.54) is 40.6 Å². The number of rotatable bonds is 9. The highest BCUT2D eigenvalue weighted by Gasteiger charge is 2.24. The highest BCUT2D eigenvalue weighted by molar-refractivity contribution is 5.96. The first kappa shape index (κ1) is 21.8. The van der Waals surface area contributed by atoms with Crippen LogP contribution in [0.15, 0.2) is 18.2 Å². The van der Waals surface area contributed by atoms with Gasteiger partial charge in [-0.05, 0) is 6.08 Å². The molecule has 0 aliphatic rings. The third-order valence-electron chi connectivity index (χ3n) is 3.56. The van der Waals surface area contributed by atoms with E-state index in [2.05, 4.69) is 14.8 Å². The van der Waals surface area contributed by atoms with E-state index >= 15 is 0 Å². The summed E-state index contributed by atoms with van der Waals surface area (Å²) < 4.78 is 24.8. The van der Waals surface area contributed by atoms with Crippen LogP contribution in [0.2, 0.25) is 0 Å². The van der Waals surface area contributed by atoms with Crippen LogP contribution in [0.3, 0.4) is 0 Å². The molecule has 0 aliphatic heterocycles. The fraction of sp³-hybridized carbons (Fsp3) is 0.389. The Balaban J connectivity index is 3.02. The minimum absolute atomic E-state index is 0.349. The molecule has 1 aromatic carbocycles. The topological polar surface area (TPSA) is 109 Å². The predicted molar refractivity (Wildman–Crippen MR) is 95.7 cm³/mol. The highest BCUT2D eigenvalue weighted by atomic mass is 16.5. The Kier molecular flexibility index (Phi) is 8.64. The van der Waals surface area contributed by atoms with Crippen molar-refractivity contribution in [2.75, 3.05) is 35.5 Å². The molecular weight excluding hydrogens is 358 g/mol. The molecule has 1 amide bonds. The van der Waals surface area contributed by atoms with Crippen LogP contribution in [-0.2, 0) is 23.9 Å². The summed E-state index contributed by atoms with van der Waals surface area (Å²) in [5.41, 5.74) is 0.499. The van der Waals surface area contributed by atoms with E-state index in [1.807, 2.05) is 0 Å². The second kappa shape index (κ2) is 10.7. The zero-order valence-electron chi connectivity index (χ0n) is 15.9. The maximum atomic E-state index is 12.2. The standard InChI is InChI=1S/C18H23NO8/c1-23-11-8-14(24-2)12(15(9-11)25-3)6-7-16(20)19-13(18(22)27-5)10-17(21)26-4/h6-9,13H,10H2,1-5H3,(H,19,20)/b7-6+/t13-/m0/s1. The second-order valence-corrected chi connectivity index (χ2v) is 5.14. The van der Waals surface area contributed by atoms with Gasteiger partial charge in [0.05, 0.1) is 47.5 Å². The first-order chi connectivity index (χ1) is 12.9. The Morgan fingerprint density at radius 3 is 2.00 bits per heavy atom. The molecule has 27 heavy (non-hydrogen) atoms. The molecule has 1 aromatic rings. The number of benzene rings is 1. The van der Waals surface area contributed by atoms with Crippen LogP contribution < -0.4 is 19.5 Å². The summed E-state index contributed by atoms with van der Waals surface area (Å²) in [6, 6.07) is 2.10. The monoisotopic (exact) mass is 381 g/mol. The van der Waals surface area contributed by atoms with Gasteiger partial charge in [0.25, 0.3) is 0 Å². The summed E-state index contributed by atoms with van der Waals surface area (Å²) in [5.74, 6) is -0.665. The normalized spacial score (nSPS) is 11.4. The van der Waals surface area contributed by atoms with Gasteiger partial charge in [-0.25, -0.2) is 4.79 Å². The predicted octanol–water partition coefficient (Wildman–Crippen LogP) is 0.946. The molecule has 0 fully saturated rings. The summed E-state index contributed by atoms with van der Waals surface area (Å²) >= 11 is 0. The Hall–Kier alpha value is -3.23. The SMILES string of the molecule is COC(=O)C[C@H](NC(=O)/C=C/c1c(OC)cc(OC)cc1OC)C(=O)OC. The largest absolute Gasteiger partial charge is 0.496 e. The first-order valence-corrected chi connectivity index (χ1v) is 7.83. The number of ether oxygens (including phenoxy) is 5. The first-order valence-electron chi connectivity index (χ1n) is 7.83. The third-order valence-corrected chi connectivity index (χ3v) is 3.56. The summed E-state index contributed by atoms with van der Waals surface area (Å²) in [6.07, 6.45) is 2.29. The van der Waals surface area contributed by atoms with Crippen LogP contribution >= 0.6 is 0 Å². The smallest absolute Gasteiger partial charge is 0.328 e. The van der Waals surface area contributed by atoms with E-state index < -0.39 is 23.9 Å². The van der Waals surface area contributed by atoms with Crippen molar-refractivity contribution in [3.63, 3.8) is 0 Å². The maximum Gasteiger partial charge on any atom is 0.328 e. The number of hydrogen-bond donors (Lipinski definition) is 1. The van der Waals surface area contributed by atoms with E-state index in [1.54, 1.807) is 12.1 Å². The zero-order valence-corrected chi connectivity index (χ0v) is 15.9. The summed E-state index contributed by atoms with van der Waals surface area (Å²) in [6.45, 7) is 0. The van der Waals surface area contributed by atoms with Crippen molar-refractivity contribution in [3.8, 4) is 17.2 Å². The quantitative estimate of drug-likeness (QED) is 0.497. The van der Waals surface area contributed by atoms with E-state index in [4.69, 9.17) is 14.2 Å². The molecule has 9 nitrogen and oxygen atoms in total. The van der Waals surface area contributed by atoms with Gasteiger partial charge >= 0.3 is 11.9 Å². The molecule has 0 unspecified atom stereocenters. The van der Waals surface area contributed by atoms with E-state index in [-0.39, 0.29) is 6.42 Å². The van der Waals surface area contributed by atoms with Gasteiger partial charge in [0.1, 0.15) is 23.3 Å². The number of nitrogens with one attached hydrogen (secondary N) is 1. The molecule has 0 saturated heterocycles. The summed E-state index contributed by atoms with van der Waals surface area (Å²) in [7, 11) is 6.78. The molecule has 0 heterocycles. The van der Waals surface area contributed by atoms with E-state index in [0.717, 1.165) is 7.11 Å². The van der Waals surface area contributed by atoms with Gasteiger partial charge in [0.2, 0.25) is 5.91 Å². The molecular formula is C18H23NO8. The number of hydrogen-bond acceptors (Lipinski definition) is 8. The van der Waals surface area contributed by atoms with Crippen LogP contribution in [0.25, 0.3) is 6.08 Å². The number of methoxy groups -OCH3 is 5. The van der Waals surface area contributed by atoms with Gasteiger partial charge in [-0.1, -0.05) is 0 Å². The molecule has 1 atom stereocenters. The summed E-state index contributed by atoms with van der Waals surface area (Å²) in [4.78, 5) is 35.3. The fourth-order valence-corrected chi connectivity index (χ4v) is 2.16. The van der Waals surface area contributed by atoms with E-state index in [9.17, 15) is 14.4 Å². The van der Waals surface area contributed by atoms with E-state index in [0.29, 0.717) is 22.8 Å². The van der Waals surface area contributed by atoms with Crippen molar-refractivity contribution < 1.29 is 38.1 Å². The third kappa shape index (κ3) is 6.21. The minimum Gasteiger partial charge on any atom is -0.496 e. The molecule has 9 heteroatoms. The Morgan fingerprint density at radius 2 is 1.56 bits per heavy atom. The number of amides is 1. The Bertz CT molecular complexity index is 688.